The molecular formula is C4H2F10NNaO4S2. The van der Waals surface area contributed by atoms with Crippen LogP contribution >= 0.6 is 0 Å². The Morgan fingerprint density at radius 2 is 1.00 bits per heavy atom. The molecule has 0 saturated heterocycles. The van der Waals surface area contributed by atoms with E-state index < -0.39 is 47.0 Å². The molecule has 1 N–H and O–H groups in total. The minimum absolute atomic E-state index is 0. The van der Waals surface area contributed by atoms with Gasteiger partial charge >= 0.3 is 62.4 Å². The van der Waals surface area contributed by atoms with Crippen molar-refractivity contribution in [3.05, 3.63) is 0 Å². The minimum Gasteiger partial charge on any atom is -1.00 e. The molecule has 22 heavy (non-hydrogen) atoms. The monoisotopic (exact) mass is 405 g/mol. The zero-order chi connectivity index (χ0) is 17.7. The Morgan fingerprint density at radius 1 is 0.682 bits per heavy atom. The molecule has 0 saturated carbocycles. The molecule has 0 rings (SSSR count). The quantitative estimate of drug-likeness (QED) is 0.464. The third-order valence-electron chi connectivity index (χ3n) is 1.58. The van der Waals surface area contributed by atoms with Gasteiger partial charge in [-0.15, -0.1) is 0 Å². The van der Waals surface area contributed by atoms with Crippen molar-refractivity contribution in [2.75, 3.05) is 0 Å². The zero-order valence-corrected chi connectivity index (χ0v) is 13.4. The van der Waals surface area contributed by atoms with Gasteiger partial charge in [0.2, 0.25) is 0 Å². The summed E-state index contributed by atoms with van der Waals surface area (Å²) in [6.45, 7) is 0. The van der Waals surface area contributed by atoms with Crippen LogP contribution in [-0.4, -0.2) is 39.7 Å². The number of nitrogens with one attached hydrogen (secondary N) is 1. The number of sulfonamides is 2. The van der Waals surface area contributed by atoms with Gasteiger partial charge in [0.1, 0.15) is 0 Å². The Labute approximate surface area is 138 Å². The molecule has 0 aliphatic heterocycles. The fourth-order valence-electron chi connectivity index (χ4n) is 0.578. The van der Waals surface area contributed by atoms with E-state index in [-0.39, 0.29) is 31.0 Å². The Kier molecular flexibility index (Phi) is 6.91. The maximum atomic E-state index is 12.6. The van der Waals surface area contributed by atoms with Crippen LogP contribution in [0.3, 0.4) is 0 Å². The van der Waals surface area contributed by atoms with Gasteiger partial charge in [0.15, 0.2) is 0 Å². The molecular weight excluding hydrogens is 403 g/mol. The van der Waals surface area contributed by atoms with Crippen molar-refractivity contribution < 1.29 is 91.7 Å². The second-order valence-corrected chi connectivity index (χ2v) is 6.78. The van der Waals surface area contributed by atoms with E-state index in [1.54, 1.807) is 0 Å². The van der Waals surface area contributed by atoms with Crippen molar-refractivity contribution in [3.63, 3.8) is 0 Å². The molecule has 0 heterocycles. The number of hydrogen-bond donors (Lipinski definition) is 1. The van der Waals surface area contributed by atoms with E-state index in [4.69, 9.17) is 0 Å². The van der Waals surface area contributed by atoms with Gasteiger partial charge in [0.25, 0.3) is 10.0 Å². The van der Waals surface area contributed by atoms with Crippen molar-refractivity contribution in [1.29, 1.82) is 0 Å². The molecule has 0 atom stereocenters. The van der Waals surface area contributed by atoms with Crippen molar-refractivity contribution >= 4 is 20.0 Å². The van der Waals surface area contributed by atoms with Crippen LogP contribution < -0.4 is 33.7 Å². The average molecular weight is 405 g/mol. The predicted molar refractivity (Wildman–Crippen MR) is 44.1 cm³/mol. The maximum absolute atomic E-state index is 12.6. The zero-order valence-electron chi connectivity index (χ0n) is 10.7. The molecule has 0 aromatic carbocycles. The summed E-state index contributed by atoms with van der Waals surface area (Å²) in [5.74, 6) is -7.35. The van der Waals surface area contributed by atoms with Crippen LogP contribution in [0.15, 0.2) is 0 Å². The molecule has 0 spiro atoms. The van der Waals surface area contributed by atoms with E-state index in [0.29, 0.717) is 0 Å². The van der Waals surface area contributed by atoms with Crippen LogP contribution in [0.2, 0.25) is 0 Å². The van der Waals surface area contributed by atoms with Crippen LogP contribution in [0.4, 0.5) is 43.9 Å². The van der Waals surface area contributed by atoms with Gasteiger partial charge in [0.05, 0.1) is 0 Å². The molecule has 0 radical (unpaired) electrons. The summed E-state index contributed by atoms with van der Waals surface area (Å²) in [4.78, 5) is 0. The first kappa shape index (κ1) is 24.4. The summed E-state index contributed by atoms with van der Waals surface area (Å²) in [6.07, 6.45) is -7.19. The Bertz CT molecular complexity index is 610. The molecule has 0 aliphatic rings. The fourth-order valence-corrected chi connectivity index (χ4v) is 2.98. The van der Waals surface area contributed by atoms with E-state index in [2.05, 4.69) is 0 Å². The van der Waals surface area contributed by atoms with Gasteiger partial charge < -0.3 is 1.43 Å². The molecule has 0 amide bonds. The largest absolute Gasteiger partial charge is 1.00 e. The van der Waals surface area contributed by atoms with E-state index in [1.165, 1.54) is 0 Å². The van der Waals surface area contributed by atoms with Crippen LogP contribution in [-0.2, 0) is 20.0 Å². The van der Waals surface area contributed by atoms with Gasteiger partial charge in [0, 0.05) is 0 Å². The van der Waals surface area contributed by atoms with Gasteiger partial charge in [-0.1, -0.05) is 4.13 Å². The van der Waals surface area contributed by atoms with Crippen molar-refractivity contribution in [1.82, 2.24) is 4.13 Å². The molecule has 130 valence electrons. The van der Waals surface area contributed by atoms with Gasteiger partial charge in [-0.05, 0) is 0 Å². The molecule has 0 fully saturated rings. The molecule has 5 nitrogen and oxygen atoms in total. The first-order valence-corrected chi connectivity index (χ1v) is 6.84. The Morgan fingerprint density at radius 3 is 1.23 bits per heavy atom. The van der Waals surface area contributed by atoms with E-state index in [1.807, 2.05) is 0 Å². The Balaban J connectivity index is -0.00000200. The molecule has 0 unspecified atom stereocenters. The van der Waals surface area contributed by atoms with Crippen molar-refractivity contribution in [2.24, 2.45) is 0 Å². The summed E-state index contributed by atoms with van der Waals surface area (Å²) in [5, 5.41) is -7.23. The van der Waals surface area contributed by atoms with E-state index >= 15 is 0 Å². The summed E-state index contributed by atoms with van der Waals surface area (Å²) in [6, 6.07) is 0. The molecule has 0 aromatic heterocycles. The second-order valence-electron chi connectivity index (χ2n) is 3.12. The number of hydrogen-bond acceptors (Lipinski definition) is 4. The van der Waals surface area contributed by atoms with Crippen molar-refractivity contribution in [2.45, 2.75) is 22.9 Å². The SMILES string of the molecule is O=S(=O)(NS(=O)(=O)C(F)(F)C(F)(F)C(F)(F)F)C(F)(F)F.[H-].[Na+]. The number of halogens is 10. The third kappa shape index (κ3) is 4.16. The van der Waals surface area contributed by atoms with Gasteiger partial charge in [-0.2, -0.15) is 43.9 Å². The normalized spacial score (nSPS) is 15.4. The molecule has 0 aliphatic carbocycles. The topological polar surface area (TPSA) is 80.3 Å². The molecule has 18 heteroatoms. The smallest absolute Gasteiger partial charge is 1.00 e. The summed E-state index contributed by atoms with van der Waals surface area (Å²) in [5.41, 5.74) is -6.55. The third-order valence-corrected chi connectivity index (χ3v) is 4.88. The van der Waals surface area contributed by atoms with E-state index in [0.717, 1.165) is 0 Å². The van der Waals surface area contributed by atoms with Crippen LogP contribution in [0.1, 0.15) is 1.43 Å². The standard InChI is InChI=1S/C4HF10NO4S2.Na.H/c5-1(6,2(7,8)9)3(10,11)20(16,17)15-21(18,19)4(12,13)14;;/h15H;;/q;+1;-1. The first-order valence-electron chi connectivity index (χ1n) is 3.87. The molecule has 0 aromatic rings. The number of rotatable bonds is 4. The van der Waals surface area contributed by atoms with E-state index in [9.17, 15) is 60.7 Å². The minimum atomic E-state index is -7.60. The van der Waals surface area contributed by atoms with Crippen LogP contribution in [0, 0.1) is 0 Å². The first-order chi connectivity index (χ1) is 8.71. The predicted octanol–water partition coefficient (Wildman–Crippen LogP) is -1.34. The second kappa shape index (κ2) is 6.23. The summed E-state index contributed by atoms with van der Waals surface area (Å²) in [7, 11) is -14.8. The van der Waals surface area contributed by atoms with Crippen LogP contribution in [0.5, 0.6) is 0 Å². The summed E-state index contributed by atoms with van der Waals surface area (Å²) < 4.78 is 160. The fraction of sp³-hybridized carbons (Fsp3) is 1.00. The van der Waals surface area contributed by atoms with Crippen LogP contribution in [0.25, 0.3) is 0 Å². The summed E-state index contributed by atoms with van der Waals surface area (Å²) >= 11 is 0. The number of alkyl halides is 10. The van der Waals surface area contributed by atoms with Gasteiger partial charge in [-0.3, -0.25) is 0 Å². The van der Waals surface area contributed by atoms with Crippen molar-refractivity contribution in [3.8, 4) is 0 Å². The van der Waals surface area contributed by atoms with Gasteiger partial charge in [-0.25, -0.2) is 16.8 Å². The average Bonchev–Trinajstić information content (AvgIpc) is 2.11. The maximum Gasteiger partial charge on any atom is 1.00 e. The Hall–Kier alpha value is 0.160. The molecule has 0 bridgehead atoms.